The molecular weight excluding hydrogens is 182 g/mol. The molecule has 0 radical (unpaired) electrons. The first-order chi connectivity index (χ1) is 6.63. The van der Waals surface area contributed by atoms with Crippen molar-refractivity contribution in [3.63, 3.8) is 0 Å². The monoisotopic (exact) mass is 199 g/mol. The van der Waals surface area contributed by atoms with E-state index in [4.69, 9.17) is 9.26 Å². The minimum atomic E-state index is 0.194. The Hall–Kier alpha value is -1.10. The van der Waals surface area contributed by atoms with E-state index in [0.717, 1.165) is 0 Å². The number of aromatic nitrogens is 2. The molecule has 1 aromatic rings. The van der Waals surface area contributed by atoms with Crippen molar-refractivity contribution in [3.8, 4) is 0 Å². The molecule has 0 aliphatic heterocycles. The van der Waals surface area contributed by atoms with E-state index in [1.807, 2.05) is 0 Å². The highest BCUT2D eigenvalue weighted by molar-refractivity contribution is 5.20. The predicted molar refractivity (Wildman–Crippen MR) is 53.2 cm³/mol. The van der Waals surface area contributed by atoms with Gasteiger partial charge in [-0.2, -0.15) is 4.98 Å². The van der Waals surface area contributed by atoms with Gasteiger partial charge in [0.05, 0.1) is 12.6 Å². The number of anilines is 1. The lowest BCUT2D eigenvalue weighted by Gasteiger charge is -2.19. The summed E-state index contributed by atoms with van der Waals surface area (Å²) in [6.07, 6.45) is 0. The molecule has 5 heteroatoms. The molecule has 0 amide bonds. The zero-order valence-electron chi connectivity index (χ0n) is 9.07. The van der Waals surface area contributed by atoms with Gasteiger partial charge in [0, 0.05) is 7.11 Å². The summed E-state index contributed by atoms with van der Waals surface area (Å²) in [5, 5.41) is 6.83. The van der Waals surface area contributed by atoms with E-state index < -0.39 is 0 Å². The lowest BCUT2D eigenvalue weighted by Crippen LogP contribution is -2.30. The zero-order chi connectivity index (χ0) is 10.6. The Morgan fingerprint density at radius 2 is 2.21 bits per heavy atom. The number of nitrogens with zero attached hydrogens (tertiary/aromatic N) is 2. The van der Waals surface area contributed by atoms with Crippen molar-refractivity contribution in [1.82, 2.24) is 10.1 Å². The number of ether oxygens (including phenoxy) is 1. The van der Waals surface area contributed by atoms with Crippen molar-refractivity contribution in [3.05, 3.63) is 5.82 Å². The maximum absolute atomic E-state index is 5.09. The minimum absolute atomic E-state index is 0.194. The van der Waals surface area contributed by atoms with Crippen molar-refractivity contribution < 1.29 is 9.26 Å². The summed E-state index contributed by atoms with van der Waals surface area (Å²) >= 11 is 0. The highest BCUT2D eigenvalue weighted by Crippen LogP contribution is 2.10. The molecule has 1 aromatic heterocycles. The van der Waals surface area contributed by atoms with Crippen LogP contribution in [-0.4, -0.2) is 29.9 Å². The predicted octanol–water partition coefficient (Wildman–Crippen LogP) is 1.46. The Balaban J connectivity index is 2.55. The average Bonchev–Trinajstić information content (AvgIpc) is 2.50. The summed E-state index contributed by atoms with van der Waals surface area (Å²) in [6.45, 7) is 6.63. The smallest absolute Gasteiger partial charge is 0.321 e. The lowest BCUT2D eigenvalue weighted by molar-refractivity contribution is 0.169. The molecule has 0 aliphatic rings. The maximum atomic E-state index is 5.09. The van der Waals surface area contributed by atoms with Crippen molar-refractivity contribution in [2.45, 2.75) is 26.8 Å². The number of hydrogen-bond acceptors (Lipinski definition) is 5. The van der Waals surface area contributed by atoms with Gasteiger partial charge in [-0.3, -0.25) is 0 Å². The minimum Gasteiger partial charge on any atom is -0.383 e. The molecule has 1 rings (SSSR count). The van der Waals surface area contributed by atoms with Crippen LogP contribution in [0.4, 0.5) is 6.01 Å². The van der Waals surface area contributed by atoms with Crippen LogP contribution in [0.5, 0.6) is 0 Å². The normalized spacial score (nSPS) is 13.2. The van der Waals surface area contributed by atoms with Crippen LogP contribution in [0.3, 0.4) is 0 Å². The van der Waals surface area contributed by atoms with Crippen molar-refractivity contribution in [2.75, 3.05) is 19.0 Å². The van der Waals surface area contributed by atoms with Gasteiger partial charge >= 0.3 is 6.01 Å². The number of hydrogen-bond donors (Lipinski definition) is 1. The van der Waals surface area contributed by atoms with Crippen LogP contribution in [-0.2, 0) is 4.74 Å². The average molecular weight is 199 g/mol. The molecule has 0 bridgehead atoms. The third-order valence-electron chi connectivity index (χ3n) is 1.99. The van der Waals surface area contributed by atoms with Crippen LogP contribution in [0.25, 0.3) is 0 Å². The summed E-state index contributed by atoms with van der Waals surface area (Å²) in [5.41, 5.74) is 0. The Labute approximate surface area is 83.8 Å². The van der Waals surface area contributed by atoms with Crippen LogP contribution in [0.1, 0.15) is 19.7 Å². The zero-order valence-corrected chi connectivity index (χ0v) is 9.07. The van der Waals surface area contributed by atoms with Gasteiger partial charge in [-0.1, -0.05) is 19.0 Å². The van der Waals surface area contributed by atoms with Crippen LogP contribution in [0.2, 0.25) is 0 Å². The van der Waals surface area contributed by atoms with Gasteiger partial charge in [-0.05, 0) is 12.8 Å². The summed E-state index contributed by atoms with van der Waals surface area (Å²) in [4.78, 5) is 4.07. The van der Waals surface area contributed by atoms with Crippen LogP contribution < -0.4 is 5.32 Å². The molecule has 1 N–H and O–H groups in total. The van der Waals surface area contributed by atoms with E-state index in [1.54, 1.807) is 14.0 Å². The quantitative estimate of drug-likeness (QED) is 0.778. The molecule has 0 fully saturated rings. The van der Waals surface area contributed by atoms with Crippen LogP contribution in [0.15, 0.2) is 4.52 Å². The molecular formula is C9H17N3O2. The fraction of sp³-hybridized carbons (Fsp3) is 0.778. The molecule has 0 aliphatic carbocycles. The molecule has 1 unspecified atom stereocenters. The van der Waals surface area contributed by atoms with E-state index in [9.17, 15) is 0 Å². The van der Waals surface area contributed by atoms with E-state index >= 15 is 0 Å². The Bertz CT molecular complexity index is 273. The first-order valence-electron chi connectivity index (χ1n) is 4.69. The van der Waals surface area contributed by atoms with E-state index in [-0.39, 0.29) is 6.04 Å². The second kappa shape index (κ2) is 4.95. The van der Waals surface area contributed by atoms with Gasteiger partial charge in [0.15, 0.2) is 5.82 Å². The second-order valence-electron chi connectivity index (χ2n) is 3.60. The Morgan fingerprint density at radius 3 is 2.64 bits per heavy atom. The topological polar surface area (TPSA) is 60.2 Å². The number of rotatable bonds is 5. The SMILES string of the molecule is COCC(Nc1nc(C)no1)C(C)C. The Morgan fingerprint density at radius 1 is 1.50 bits per heavy atom. The molecule has 0 saturated heterocycles. The number of methoxy groups -OCH3 is 1. The third-order valence-corrected chi connectivity index (χ3v) is 1.99. The van der Waals surface area contributed by atoms with Crippen molar-refractivity contribution in [1.29, 1.82) is 0 Å². The molecule has 0 aromatic carbocycles. The van der Waals surface area contributed by atoms with E-state index in [2.05, 4.69) is 29.3 Å². The molecule has 80 valence electrons. The number of aryl methyl sites for hydroxylation is 1. The Kier molecular flexibility index (Phi) is 3.88. The molecule has 5 nitrogen and oxygen atoms in total. The van der Waals surface area contributed by atoms with Gasteiger partial charge in [0.2, 0.25) is 0 Å². The van der Waals surface area contributed by atoms with Gasteiger partial charge in [0.1, 0.15) is 0 Å². The first-order valence-corrected chi connectivity index (χ1v) is 4.69. The second-order valence-corrected chi connectivity index (χ2v) is 3.60. The molecule has 0 spiro atoms. The summed E-state index contributed by atoms with van der Waals surface area (Å²) in [5.74, 6) is 1.08. The molecule has 1 heterocycles. The highest BCUT2D eigenvalue weighted by atomic mass is 16.5. The highest BCUT2D eigenvalue weighted by Gasteiger charge is 2.15. The van der Waals surface area contributed by atoms with Gasteiger partial charge in [0.25, 0.3) is 0 Å². The number of nitrogens with one attached hydrogen (secondary N) is 1. The molecule has 14 heavy (non-hydrogen) atoms. The molecule has 0 saturated carbocycles. The van der Waals surface area contributed by atoms with Gasteiger partial charge in [-0.15, -0.1) is 0 Å². The third kappa shape index (κ3) is 2.99. The lowest BCUT2D eigenvalue weighted by atomic mass is 10.1. The maximum Gasteiger partial charge on any atom is 0.321 e. The van der Waals surface area contributed by atoms with Crippen LogP contribution >= 0.6 is 0 Å². The van der Waals surface area contributed by atoms with Gasteiger partial charge in [-0.25, -0.2) is 0 Å². The standard InChI is InChI=1S/C9H17N3O2/c1-6(2)8(5-13-4)11-9-10-7(3)12-14-9/h6,8H,5H2,1-4H3,(H,10,11,12). The summed E-state index contributed by atoms with van der Waals surface area (Å²) in [7, 11) is 1.68. The summed E-state index contributed by atoms with van der Waals surface area (Å²) < 4.78 is 10.1. The van der Waals surface area contributed by atoms with Crippen molar-refractivity contribution >= 4 is 6.01 Å². The molecule has 1 atom stereocenters. The summed E-state index contributed by atoms with van der Waals surface area (Å²) in [6, 6.07) is 0.651. The van der Waals surface area contributed by atoms with Gasteiger partial charge < -0.3 is 14.6 Å². The van der Waals surface area contributed by atoms with E-state index in [1.165, 1.54) is 0 Å². The fourth-order valence-corrected chi connectivity index (χ4v) is 1.09. The van der Waals surface area contributed by atoms with Crippen LogP contribution in [0, 0.1) is 12.8 Å². The fourth-order valence-electron chi connectivity index (χ4n) is 1.09. The van der Waals surface area contributed by atoms with Crippen molar-refractivity contribution in [2.24, 2.45) is 5.92 Å². The first kappa shape index (κ1) is 11.0. The van der Waals surface area contributed by atoms with E-state index in [0.29, 0.717) is 24.4 Å². The largest absolute Gasteiger partial charge is 0.383 e.